The van der Waals surface area contributed by atoms with Gasteiger partial charge < -0.3 is 9.32 Å². The molecule has 0 atom stereocenters. The number of carbonyl (C=O) groups is 1. The summed E-state index contributed by atoms with van der Waals surface area (Å²) >= 11 is 1.62. The second-order valence-corrected chi connectivity index (χ2v) is 5.37. The lowest BCUT2D eigenvalue weighted by Gasteiger charge is -2.20. The zero-order valence-corrected chi connectivity index (χ0v) is 12.1. The molecule has 3 aromatic heterocycles. The SMILES string of the molecule is O=C(c1ccco1)N(Cc1ccsc1)Cc1ccccn1. The van der Waals surface area contributed by atoms with Gasteiger partial charge in [-0.1, -0.05) is 6.07 Å². The third-order valence-electron chi connectivity index (χ3n) is 3.05. The van der Waals surface area contributed by atoms with Crippen LogP contribution in [0.25, 0.3) is 0 Å². The molecular formula is C16H14N2O2S. The van der Waals surface area contributed by atoms with E-state index in [4.69, 9.17) is 4.42 Å². The van der Waals surface area contributed by atoms with Gasteiger partial charge in [0.1, 0.15) is 0 Å². The fraction of sp³-hybridized carbons (Fsp3) is 0.125. The van der Waals surface area contributed by atoms with Gasteiger partial charge in [-0.25, -0.2) is 0 Å². The number of thiophene rings is 1. The molecule has 0 radical (unpaired) electrons. The van der Waals surface area contributed by atoms with Crippen LogP contribution in [0.1, 0.15) is 21.8 Å². The maximum Gasteiger partial charge on any atom is 0.290 e. The first kappa shape index (κ1) is 13.6. The van der Waals surface area contributed by atoms with Crippen molar-refractivity contribution >= 4 is 17.2 Å². The molecule has 0 aliphatic rings. The highest BCUT2D eigenvalue weighted by Crippen LogP contribution is 2.15. The van der Waals surface area contributed by atoms with Gasteiger partial charge in [-0.15, -0.1) is 0 Å². The zero-order chi connectivity index (χ0) is 14.5. The Kier molecular flexibility index (Phi) is 4.12. The Morgan fingerprint density at radius 2 is 2.14 bits per heavy atom. The summed E-state index contributed by atoms with van der Waals surface area (Å²) in [5, 5.41) is 4.05. The lowest BCUT2D eigenvalue weighted by atomic mass is 10.2. The fourth-order valence-corrected chi connectivity index (χ4v) is 2.71. The van der Waals surface area contributed by atoms with Crippen molar-refractivity contribution in [2.75, 3.05) is 0 Å². The molecule has 0 saturated heterocycles. The largest absolute Gasteiger partial charge is 0.459 e. The Balaban J connectivity index is 1.82. The van der Waals surface area contributed by atoms with Gasteiger partial charge in [0, 0.05) is 12.7 Å². The van der Waals surface area contributed by atoms with Crippen LogP contribution in [0.15, 0.2) is 64.0 Å². The molecule has 0 fully saturated rings. The first-order valence-corrected chi connectivity index (χ1v) is 7.51. The second kappa shape index (κ2) is 6.37. The van der Waals surface area contributed by atoms with Crippen molar-refractivity contribution in [3.05, 3.63) is 76.6 Å². The van der Waals surface area contributed by atoms with E-state index in [0.29, 0.717) is 18.8 Å². The van der Waals surface area contributed by atoms with Gasteiger partial charge in [0.25, 0.3) is 5.91 Å². The lowest BCUT2D eigenvalue weighted by molar-refractivity contribution is 0.0695. The Labute approximate surface area is 126 Å². The smallest absolute Gasteiger partial charge is 0.290 e. The lowest BCUT2D eigenvalue weighted by Crippen LogP contribution is -2.30. The van der Waals surface area contributed by atoms with E-state index >= 15 is 0 Å². The van der Waals surface area contributed by atoms with E-state index in [1.54, 1.807) is 34.6 Å². The highest BCUT2D eigenvalue weighted by molar-refractivity contribution is 7.07. The zero-order valence-electron chi connectivity index (χ0n) is 11.3. The van der Waals surface area contributed by atoms with E-state index in [1.807, 2.05) is 35.0 Å². The first-order valence-electron chi connectivity index (χ1n) is 6.57. The van der Waals surface area contributed by atoms with Crippen LogP contribution >= 0.6 is 11.3 Å². The number of nitrogens with zero attached hydrogens (tertiary/aromatic N) is 2. The summed E-state index contributed by atoms with van der Waals surface area (Å²) in [4.78, 5) is 18.6. The van der Waals surface area contributed by atoms with Gasteiger partial charge in [-0.05, 0) is 46.7 Å². The van der Waals surface area contributed by atoms with Gasteiger partial charge in [0.15, 0.2) is 5.76 Å². The minimum atomic E-state index is -0.128. The number of furan rings is 1. The predicted molar refractivity (Wildman–Crippen MR) is 80.8 cm³/mol. The standard InChI is InChI=1S/C16H14N2O2S/c19-16(15-5-3-8-20-15)18(10-13-6-9-21-12-13)11-14-4-1-2-7-17-14/h1-9,12H,10-11H2. The fourth-order valence-electron chi connectivity index (χ4n) is 2.05. The molecule has 0 aromatic carbocycles. The third-order valence-corrected chi connectivity index (χ3v) is 3.78. The molecule has 0 saturated carbocycles. The molecule has 0 N–H and O–H groups in total. The summed E-state index contributed by atoms with van der Waals surface area (Å²) in [5.41, 5.74) is 1.96. The normalized spacial score (nSPS) is 10.5. The Bertz CT molecular complexity index is 678. The van der Waals surface area contributed by atoms with E-state index < -0.39 is 0 Å². The molecule has 4 nitrogen and oxygen atoms in total. The highest BCUT2D eigenvalue weighted by Gasteiger charge is 2.19. The van der Waals surface area contributed by atoms with Crippen LogP contribution in [0.4, 0.5) is 0 Å². The molecule has 106 valence electrons. The summed E-state index contributed by atoms with van der Waals surface area (Å²) < 4.78 is 5.22. The summed E-state index contributed by atoms with van der Waals surface area (Å²) in [7, 11) is 0. The molecule has 0 aliphatic heterocycles. The van der Waals surface area contributed by atoms with Crippen molar-refractivity contribution in [3.63, 3.8) is 0 Å². The number of hydrogen-bond donors (Lipinski definition) is 0. The predicted octanol–water partition coefficient (Wildman–Crippen LogP) is 3.58. The number of carbonyl (C=O) groups excluding carboxylic acids is 1. The summed E-state index contributed by atoms with van der Waals surface area (Å²) in [6.07, 6.45) is 3.24. The summed E-state index contributed by atoms with van der Waals surface area (Å²) in [6, 6.07) is 11.1. The molecule has 5 heteroatoms. The van der Waals surface area contributed by atoms with Crippen LogP contribution in [0, 0.1) is 0 Å². The molecule has 0 unspecified atom stereocenters. The molecule has 21 heavy (non-hydrogen) atoms. The van der Waals surface area contributed by atoms with Crippen molar-refractivity contribution in [2.24, 2.45) is 0 Å². The molecule has 3 rings (SSSR count). The second-order valence-electron chi connectivity index (χ2n) is 4.59. The van der Waals surface area contributed by atoms with Crippen molar-refractivity contribution in [3.8, 4) is 0 Å². The summed E-state index contributed by atoms with van der Waals surface area (Å²) in [5.74, 6) is 0.220. The minimum Gasteiger partial charge on any atom is -0.459 e. The third kappa shape index (κ3) is 3.38. The average molecular weight is 298 g/mol. The molecular weight excluding hydrogens is 284 g/mol. The topological polar surface area (TPSA) is 46.3 Å². The number of amides is 1. The van der Waals surface area contributed by atoms with Crippen molar-refractivity contribution in [1.82, 2.24) is 9.88 Å². The average Bonchev–Trinajstić information content (AvgIpc) is 3.20. The van der Waals surface area contributed by atoms with Crippen LogP contribution in [0.5, 0.6) is 0 Å². The highest BCUT2D eigenvalue weighted by atomic mass is 32.1. The summed E-state index contributed by atoms with van der Waals surface area (Å²) in [6.45, 7) is 0.996. The van der Waals surface area contributed by atoms with Gasteiger partial charge in [0.2, 0.25) is 0 Å². The van der Waals surface area contributed by atoms with E-state index in [-0.39, 0.29) is 5.91 Å². The van der Waals surface area contributed by atoms with Crippen molar-refractivity contribution in [2.45, 2.75) is 13.1 Å². The number of aromatic nitrogens is 1. The molecule has 1 amide bonds. The molecule has 0 spiro atoms. The van der Waals surface area contributed by atoms with Gasteiger partial charge >= 0.3 is 0 Å². The van der Waals surface area contributed by atoms with Crippen LogP contribution in [-0.2, 0) is 13.1 Å². The molecule has 0 aliphatic carbocycles. The monoisotopic (exact) mass is 298 g/mol. The van der Waals surface area contributed by atoms with Gasteiger partial charge in [-0.2, -0.15) is 11.3 Å². The van der Waals surface area contributed by atoms with Crippen LogP contribution in [0.3, 0.4) is 0 Å². The molecule has 0 bridgehead atoms. The number of pyridine rings is 1. The molecule has 3 aromatic rings. The first-order chi connectivity index (χ1) is 10.3. The van der Waals surface area contributed by atoms with Gasteiger partial charge in [0.05, 0.1) is 18.5 Å². The number of rotatable bonds is 5. The van der Waals surface area contributed by atoms with E-state index in [0.717, 1.165) is 11.3 Å². The quantitative estimate of drug-likeness (QED) is 0.723. The Hall–Kier alpha value is -2.40. The van der Waals surface area contributed by atoms with Crippen LogP contribution in [0.2, 0.25) is 0 Å². The van der Waals surface area contributed by atoms with Crippen LogP contribution < -0.4 is 0 Å². The maximum absolute atomic E-state index is 12.5. The van der Waals surface area contributed by atoms with E-state index in [9.17, 15) is 4.79 Å². The van der Waals surface area contributed by atoms with Crippen molar-refractivity contribution in [1.29, 1.82) is 0 Å². The minimum absolute atomic E-state index is 0.128. The van der Waals surface area contributed by atoms with E-state index in [1.165, 1.54) is 6.26 Å². The Morgan fingerprint density at radius 3 is 2.81 bits per heavy atom. The number of hydrogen-bond acceptors (Lipinski definition) is 4. The molecule has 3 heterocycles. The maximum atomic E-state index is 12.5. The van der Waals surface area contributed by atoms with Gasteiger partial charge in [-0.3, -0.25) is 9.78 Å². The van der Waals surface area contributed by atoms with E-state index in [2.05, 4.69) is 4.98 Å². The van der Waals surface area contributed by atoms with Crippen LogP contribution in [-0.4, -0.2) is 15.8 Å². The van der Waals surface area contributed by atoms with Crippen molar-refractivity contribution < 1.29 is 9.21 Å². The Morgan fingerprint density at radius 1 is 1.19 bits per heavy atom.